The smallest absolute Gasteiger partial charge is 0.325 e. The van der Waals surface area contributed by atoms with Crippen molar-refractivity contribution < 1.29 is 24.5 Å². The minimum atomic E-state index is -1.15. The minimum absolute atomic E-state index is 0.00102. The number of aliphatic carboxylic acids is 1. The largest absolute Gasteiger partial charge is 0.507 e. The molecule has 0 saturated carbocycles. The van der Waals surface area contributed by atoms with Crippen LogP contribution in [-0.2, 0) is 4.79 Å². The molecule has 17 heavy (non-hydrogen) atoms. The highest BCUT2D eigenvalue weighted by Gasteiger charge is 2.17. The zero-order valence-corrected chi connectivity index (χ0v) is 9.43. The molecule has 0 heterocycles. The molecule has 0 spiro atoms. The van der Waals surface area contributed by atoms with Crippen LogP contribution in [0.3, 0.4) is 0 Å². The fraction of sp³-hybridized carbons (Fsp3) is 0.273. The number of methoxy groups -OCH3 is 1. The van der Waals surface area contributed by atoms with Crippen molar-refractivity contribution in [1.29, 1.82) is 0 Å². The number of nitrogens with one attached hydrogen (secondary N) is 1. The van der Waals surface area contributed by atoms with Gasteiger partial charge >= 0.3 is 5.97 Å². The van der Waals surface area contributed by atoms with Gasteiger partial charge in [-0.3, -0.25) is 9.59 Å². The molecule has 0 bridgehead atoms. The molecule has 0 aliphatic carbocycles. The van der Waals surface area contributed by atoms with Crippen molar-refractivity contribution in [3.05, 3.63) is 23.8 Å². The molecule has 0 unspecified atom stereocenters. The number of benzene rings is 1. The zero-order chi connectivity index (χ0) is 13.0. The van der Waals surface area contributed by atoms with Gasteiger partial charge in [-0.15, -0.1) is 0 Å². The van der Waals surface area contributed by atoms with Gasteiger partial charge in [0.25, 0.3) is 5.91 Å². The number of phenolic OH excluding ortho intramolecular Hbond substituents is 1. The van der Waals surface area contributed by atoms with E-state index in [1.54, 1.807) is 0 Å². The SMILES string of the molecule is COc1ccc(C(=O)N[C@H](C)C(=O)O)c(O)c1. The van der Waals surface area contributed by atoms with E-state index >= 15 is 0 Å². The molecule has 3 N–H and O–H groups in total. The molecule has 1 atom stereocenters. The van der Waals surface area contributed by atoms with Crippen LogP contribution < -0.4 is 10.1 Å². The Bertz CT molecular complexity index is 443. The third kappa shape index (κ3) is 3.10. The van der Waals surface area contributed by atoms with E-state index in [1.165, 1.54) is 32.2 Å². The van der Waals surface area contributed by atoms with E-state index in [0.717, 1.165) is 0 Å². The Morgan fingerprint density at radius 3 is 2.53 bits per heavy atom. The van der Waals surface area contributed by atoms with Crippen molar-refractivity contribution >= 4 is 11.9 Å². The van der Waals surface area contributed by atoms with E-state index in [-0.39, 0.29) is 11.3 Å². The number of hydrogen-bond acceptors (Lipinski definition) is 4. The third-order valence-electron chi connectivity index (χ3n) is 2.17. The maximum atomic E-state index is 11.6. The molecule has 1 aromatic rings. The number of rotatable bonds is 4. The van der Waals surface area contributed by atoms with E-state index < -0.39 is 17.9 Å². The first-order valence-electron chi connectivity index (χ1n) is 4.86. The Balaban J connectivity index is 2.86. The second-order valence-electron chi connectivity index (χ2n) is 3.42. The molecular weight excluding hydrogens is 226 g/mol. The number of ether oxygens (including phenoxy) is 1. The molecule has 0 aromatic heterocycles. The molecule has 0 fully saturated rings. The molecule has 6 nitrogen and oxygen atoms in total. The first-order chi connectivity index (χ1) is 7.95. The highest BCUT2D eigenvalue weighted by molar-refractivity contribution is 5.98. The molecule has 0 saturated heterocycles. The van der Waals surface area contributed by atoms with Gasteiger partial charge in [-0.2, -0.15) is 0 Å². The quantitative estimate of drug-likeness (QED) is 0.715. The lowest BCUT2D eigenvalue weighted by Crippen LogP contribution is -2.38. The summed E-state index contributed by atoms with van der Waals surface area (Å²) >= 11 is 0. The maximum absolute atomic E-state index is 11.6. The number of hydrogen-bond donors (Lipinski definition) is 3. The standard InChI is InChI=1S/C11H13NO5/c1-6(11(15)16)12-10(14)8-4-3-7(17-2)5-9(8)13/h3-6,13H,1-2H3,(H,12,14)(H,15,16)/t6-/m1/s1. The number of phenols is 1. The molecule has 6 heteroatoms. The van der Waals surface area contributed by atoms with Crippen LogP contribution in [-0.4, -0.2) is 35.2 Å². The Morgan fingerprint density at radius 1 is 1.41 bits per heavy atom. The number of amides is 1. The fourth-order valence-corrected chi connectivity index (χ4v) is 1.17. The summed E-state index contributed by atoms with van der Waals surface area (Å²) in [7, 11) is 1.43. The van der Waals surface area contributed by atoms with Gasteiger partial charge in [0.05, 0.1) is 12.7 Å². The Labute approximate surface area is 97.8 Å². The van der Waals surface area contributed by atoms with Crippen molar-refractivity contribution in [2.75, 3.05) is 7.11 Å². The van der Waals surface area contributed by atoms with Gasteiger partial charge in [0.15, 0.2) is 0 Å². The zero-order valence-electron chi connectivity index (χ0n) is 9.43. The highest BCUT2D eigenvalue weighted by atomic mass is 16.5. The second-order valence-corrected chi connectivity index (χ2v) is 3.42. The molecule has 1 aromatic carbocycles. The maximum Gasteiger partial charge on any atom is 0.325 e. The average Bonchev–Trinajstić information content (AvgIpc) is 2.28. The van der Waals surface area contributed by atoms with E-state index in [4.69, 9.17) is 9.84 Å². The van der Waals surface area contributed by atoms with Gasteiger partial charge in [-0.25, -0.2) is 0 Å². The van der Waals surface area contributed by atoms with Crippen molar-refractivity contribution in [2.24, 2.45) is 0 Å². The first kappa shape index (κ1) is 12.8. The Hall–Kier alpha value is -2.24. The van der Waals surface area contributed by atoms with Crippen molar-refractivity contribution in [3.8, 4) is 11.5 Å². The fourth-order valence-electron chi connectivity index (χ4n) is 1.17. The lowest BCUT2D eigenvalue weighted by molar-refractivity contribution is -0.138. The van der Waals surface area contributed by atoms with Crippen LogP contribution in [0.4, 0.5) is 0 Å². The Kier molecular flexibility index (Phi) is 3.92. The van der Waals surface area contributed by atoms with Gasteiger partial charge in [0.2, 0.25) is 0 Å². The van der Waals surface area contributed by atoms with Gasteiger partial charge in [0, 0.05) is 6.07 Å². The normalized spacial score (nSPS) is 11.6. The number of carbonyl (C=O) groups excluding carboxylic acids is 1. The molecule has 0 aliphatic rings. The van der Waals surface area contributed by atoms with Crippen molar-refractivity contribution in [1.82, 2.24) is 5.32 Å². The molecule has 92 valence electrons. The van der Waals surface area contributed by atoms with Crippen LogP contribution in [0, 0.1) is 0 Å². The van der Waals surface area contributed by atoms with Gasteiger partial charge in [-0.05, 0) is 19.1 Å². The molecular formula is C11H13NO5. The molecule has 1 amide bonds. The predicted octanol–water partition coefficient (Wildman–Crippen LogP) is 0.604. The topological polar surface area (TPSA) is 95.9 Å². The van der Waals surface area contributed by atoms with E-state index in [1.807, 2.05) is 0 Å². The van der Waals surface area contributed by atoms with Crippen LogP contribution in [0.15, 0.2) is 18.2 Å². The van der Waals surface area contributed by atoms with Crippen LogP contribution >= 0.6 is 0 Å². The lowest BCUT2D eigenvalue weighted by Gasteiger charge is -2.10. The number of carboxylic acid groups (broad SMARTS) is 1. The minimum Gasteiger partial charge on any atom is -0.507 e. The van der Waals surface area contributed by atoms with Crippen LogP contribution in [0.1, 0.15) is 17.3 Å². The highest BCUT2D eigenvalue weighted by Crippen LogP contribution is 2.23. The number of carbonyl (C=O) groups is 2. The number of carboxylic acids is 1. The summed E-state index contributed by atoms with van der Waals surface area (Å²) in [6.45, 7) is 1.33. The Morgan fingerprint density at radius 2 is 2.06 bits per heavy atom. The molecule has 0 radical (unpaired) electrons. The predicted molar refractivity (Wildman–Crippen MR) is 59.2 cm³/mol. The second kappa shape index (κ2) is 5.20. The first-order valence-corrected chi connectivity index (χ1v) is 4.86. The summed E-state index contributed by atoms with van der Waals surface area (Å²) in [5.74, 6) is -1.66. The van der Waals surface area contributed by atoms with Crippen LogP contribution in [0.5, 0.6) is 11.5 Å². The summed E-state index contributed by atoms with van der Waals surface area (Å²) in [5, 5.41) is 20.4. The molecule has 1 rings (SSSR count). The monoisotopic (exact) mass is 239 g/mol. The van der Waals surface area contributed by atoms with Gasteiger partial charge < -0.3 is 20.3 Å². The molecule has 0 aliphatic heterocycles. The van der Waals surface area contributed by atoms with E-state index in [0.29, 0.717) is 5.75 Å². The third-order valence-corrected chi connectivity index (χ3v) is 2.17. The van der Waals surface area contributed by atoms with E-state index in [9.17, 15) is 14.7 Å². The van der Waals surface area contributed by atoms with Gasteiger partial charge in [-0.1, -0.05) is 0 Å². The van der Waals surface area contributed by atoms with Crippen molar-refractivity contribution in [3.63, 3.8) is 0 Å². The summed E-state index contributed by atoms with van der Waals surface area (Å²) in [5.41, 5.74) is -0.00102. The van der Waals surface area contributed by atoms with E-state index in [2.05, 4.69) is 5.32 Å². The van der Waals surface area contributed by atoms with Gasteiger partial charge in [0.1, 0.15) is 17.5 Å². The summed E-state index contributed by atoms with van der Waals surface area (Å²) in [4.78, 5) is 22.2. The number of aromatic hydroxyl groups is 1. The van der Waals surface area contributed by atoms with Crippen LogP contribution in [0.2, 0.25) is 0 Å². The average molecular weight is 239 g/mol. The van der Waals surface area contributed by atoms with Crippen LogP contribution in [0.25, 0.3) is 0 Å². The summed E-state index contributed by atoms with van der Waals surface area (Å²) < 4.78 is 4.86. The summed E-state index contributed by atoms with van der Waals surface area (Å²) in [6.07, 6.45) is 0. The lowest BCUT2D eigenvalue weighted by atomic mass is 10.1. The summed E-state index contributed by atoms with van der Waals surface area (Å²) in [6, 6.07) is 3.11. The van der Waals surface area contributed by atoms with Crippen molar-refractivity contribution in [2.45, 2.75) is 13.0 Å².